The van der Waals surface area contributed by atoms with Crippen molar-refractivity contribution in [3.8, 4) is 0 Å². The van der Waals surface area contributed by atoms with Gasteiger partial charge >= 0.3 is 0 Å². The highest BCUT2D eigenvalue weighted by Crippen LogP contribution is 2.11. The third-order valence-corrected chi connectivity index (χ3v) is 2.23. The molecular weight excluding hydrogens is 140 g/mol. The molecule has 3 nitrogen and oxygen atoms in total. The predicted octanol–water partition coefficient (Wildman–Crippen LogP) is -0.170. The van der Waals surface area contributed by atoms with E-state index in [1.54, 1.807) is 0 Å². The molecule has 0 amide bonds. The van der Waals surface area contributed by atoms with Gasteiger partial charge in [-0.05, 0) is 13.6 Å². The molecule has 0 aromatic carbocycles. The zero-order valence-electron chi connectivity index (χ0n) is 7.39. The molecule has 0 aromatic heterocycles. The fraction of sp³-hybridized carbons (Fsp3) is 1.00. The van der Waals surface area contributed by atoms with Gasteiger partial charge in [0.05, 0.1) is 13.2 Å². The van der Waals surface area contributed by atoms with Crippen LogP contribution < -0.4 is 10.6 Å². The predicted molar refractivity (Wildman–Crippen MR) is 45.7 cm³/mol. The number of nitrogens with one attached hydrogen (secondary N) is 2. The van der Waals surface area contributed by atoms with Crippen LogP contribution in [0, 0.1) is 5.92 Å². The van der Waals surface area contributed by atoms with Crippen LogP contribution >= 0.6 is 0 Å². The molecule has 0 bridgehead atoms. The lowest BCUT2D eigenvalue weighted by molar-refractivity contribution is 0.182. The molecule has 1 aliphatic heterocycles. The second kappa shape index (κ2) is 4.70. The number of likely N-dealkylation sites (N-methyl/N-ethyl adjacent to an activating group) is 1. The zero-order chi connectivity index (χ0) is 8.10. The van der Waals surface area contributed by atoms with E-state index in [0.717, 1.165) is 26.3 Å². The van der Waals surface area contributed by atoms with E-state index in [2.05, 4.69) is 17.6 Å². The third-order valence-electron chi connectivity index (χ3n) is 2.23. The average molecular weight is 158 g/mol. The highest BCUT2D eigenvalue weighted by atomic mass is 16.5. The maximum Gasteiger partial charge on any atom is 0.0623 e. The molecule has 66 valence electrons. The van der Waals surface area contributed by atoms with Crippen molar-refractivity contribution in [1.29, 1.82) is 0 Å². The Hall–Kier alpha value is -0.120. The van der Waals surface area contributed by atoms with Crippen LogP contribution in [0.1, 0.15) is 6.92 Å². The van der Waals surface area contributed by atoms with Gasteiger partial charge in [-0.1, -0.05) is 6.92 Å². The molecule has 1 saturated heterocycles. The Morgan fingerprint density at radius 3 is 2.91 bits per heavy atom. The standard InChI is InChI=1S/C8H18N2O/c1-3-10-4-7-5-11-6-8(7)9-2/h7-10H,3-6H2,1-2H3. The highest BCUT2D eigenvalue weighted by molar-refractivity contribution is 4.81. The maximum absolute atomic E-state index is 5.36. The van der Waals surface area contributed by atoms with Gasteiger partial charge in [0.15, 0.2) is 0 Å². The SMILES string of the molecule is CCNCC1COCC1NC. The van der Waals surface area contributed by atoms with Gasteiger partial charge in [-0.25, -0.2) is 0 Å². The Morgan fingerprint density at radius 2 is 2.27 bits per heavy atom. The Morgan fingerprint density at radius 1 is 1.45 bits per heavy atom. The smallest absolute Gasteiger partial charge is 0.0623 e. The molecular formula is C8H18N2O. The van der Waals surface area contributed by atoms with Crippen LogP contribution in [-0.4, -0.2) is 39.4 Å². The molecule has 3 heteroatoms. The lowest BCUT2D eigenvalue weighted by atomic mass is 10.0. The van der Waals surface area contributed by atoms with Gasteiger partial charge in [0, 0.05) is 18.5 Å². The van der Waals surface area contributed by atoms with E-state index in [1.807, 2.05) is 7.05 Å². The Balaban J connectivity index is 2.20. The summed E-state index contributed by atoms with van der Waals surface area (Å²) in [7, 11) is 2.00. The Kier molecular flexibility index (Phi) is 3.83. The lowest BCUT2D eigenvalue weighted by Crippen LogP contribution is -2.38. The minimum Gasteiger partial charge on any atom is -0.379 e. The molecule has 1 aliphatic rings. The van der Waals surface area contributed by atoms with Crippen molar-refractivity contribution in [3.63, 3.8) is 0 Å². The van der Waals surface area contributed by atoms with E-state index >= 15 is 0 Å². The fourth-order valence-electron chi connectivity index (χ4n) is 1.45. The summed E-state index contributed by atoms with van der Waals surface area (Å²) >= 11 is 0. The third kappa shape index (κ3) is 2.43. The molecule has 0 radical (unpaired) electrons. The van der Waals surface area contributed by atoms with E-state index in [-0.39, 0.29) is 0 Å². The van der Waals surface area contributed by atoms with Crippen LogP contribution in [0.3, 0.4) is 0 Å². The van der Waals surface area contributed by atoms with E-state index in [9.17, 15) is 0 Å². The molecule has 1 heterocycles. The molecule has 2 unspecified atom stereocenters. The zero-order valence-corrected chi connectivity index (χ0v) is 7.39. The molecule has 2 atom stereocenters. The van der Waals surface area contributed by atoms with Gasteiger partial charge in [-0.15, -0.1) is 0 Å². The van der Waals surface area contributed by atoms with Gasteiger partial charge in [-0.3, -0.25) is 0 Å². The monoisotopic (exact) mass is 158 g/mol. The first-order valence-corrected chi connectivity index (χ1v) is 4.34. The summed E-state index contributed by atoms with van der Waals surface area (Å²) in [5, 5.41) is 6.59. The molecule has 0 aliphatic carbocycles. The van der Waals surface area contributed by atoms with E-state index in [1.165, 1.54) is 0 Å². The minimum atomic E-state index is 0.550. The van der Waals surface area contributed by atoms with Crippen molar-refractivity contribution in [2.45, 2.75) is 13.0 Å². The van der Waals surface area contributed by atoms with Crippen molar-refractivity contribution in [1.82, 2.24) is 10.6 Å². The summed E-state index contributed by atoms with van der Waals surface area (Å²) in [4.78, 5) is 0. The van der Waals surface area contributed by atoms with Crippen LogP contribution in [0.2, 0.25) is 0 Å². The van der Waals surface area contributed by atoms with E-state index in [0.29, 0.717) is 12.0 Å². The maximum atomic E-state index is 5.36. The highest BCUT2D eigenvalue weighted by Gasteiger charge is 2.25. The van der Waals surface area contributed by atoms with Crippen molar-refractivity contribution >= 4 is 0 Å². The van der Waals surface area contributed by atoms with Crippen molar-refractivity contribution in [2.24, 2.45) is 5.92 Å². The normalized spacial score (nSPS) is 31.1. The quantitative estimate of drug-likeness (QED) is 0.596. The first kappa shape index (κ1) is 8.97. The molecule has 11 heavy (non-hydrogen) atoms. The summed E-state index contributed by atoms with van der Waals surface area (Å²) in [5.41, 5.74) is 0. The number of hydrogen-bond acceptors (Lipinski definition) is 3. The van der Waals surface area contributed by atoms with Gasteiger partial charge in [0.1, 0.15) is 0 Å². The first-order chi connectivity index (χ1) is 5.38. The lowest BCUT2D eigenvalue weighted by Gasteiger charge is -2.16. The Bertz CT molecular complexity index is 108. The Labute approximate surface area is 68.5 Å². The largest absolute Gasteiger partial charge is 0.379 e. The molecule has 0 spiro atoms. The van der Waals surface area contributed by atoms with Gasteiger partial charge in [0.2, 0.25) is 0 Å². The van der Waals surface area contributed by atoms with E-state index in [4.69, 9.17) is 4.74 Å². The van der Waals surface area contributed by atoms with Crippen LogP contribution in [0.15, 0.2) is 0 Å². The van der Waals surface area contributed by atoms with Gasteiger partial charge in [0.25, 0.3) is 0 Å². The summed E-state index contributed by atoms with van der Waals surface area (Å²) in [6.45, 7) is 6.02. The molecule has 0 aromatic rings. The summed E-state index contributed by atoms with van der Waals surface area (Å²) in [6.07, 6.45) is 0. The van der Waals surface area contributed by atoms with Gasteiger partial charge in [-0.2, -0.15) is 0 Å². The van der Waals surface area contributed by atoms with E-state index < -0.39 is 0 Å². The van der Waals surface area contributed by atoms with Crippen molar-refractivity contribution in [2.75, 3.05) is 33.4 Å². The average Bonchev–Trinajstić information content (AvgIpc) is 2.47. The van der Waals surface area contributed by atoms with Crippen molar-refractivity contribution in [3.05, 3.63) is 0 Å². The second-order valence-corrected chi connectivity index (χ2v) is 3.00. The number of hydrogen-bond donors (Lipinski definition) is 2. The summed E-state index contributed by atoms with van der Waals surface area (Å²) in [5.74, 6) is 0.653. The van der Waals surface area contributed by atoms with Crippen LogP contribution in [0.25, 0.3) is 0 Å². The summed E-state index contributed by atoms with van der Waals surface area (Å²) in [6, 6.07) is 0.550. The van der Waals surface area contributed by atoms with Crippen LogP contribution in [0.4, 0.5) is 0 Å². The number of rotatable bonds is 4. The molecule has 1 rings (SSSR count). The fourth-order valence-corrected chi connectivity index (χ4v) is 1.45. The molecule has 2 N–H and O–H groups in total. The van der Waals surface area contributed by atoms with Gasteiger partial charge < -0.3 is 15.4 Å². The first-order valence-electron chi connectivity index (χ1n) is 4.34. The second-order valence-electron chi connectivity index (χ2n) is 3.00. The topological polar surface area (TPSA) is 33.3 Å². The molecule has 1 fully saturated rings. The van der Waals surface area contributed by atoms with Crippen molar-refractivity contribution < 1.29 is 4.74 Å². The minimum absolute atomic E-state index is 0.550. The summed E-state index contributed by atoms with van der Waals surface area (Å²) < 4.78 is 5.36. The molecule has 0 saturated carbocycles. The van der Waals surface area contributed by atoms with Crippen LogP contribution in [-0.2, 0) is 4.74 Å². The van der Waals surface area contributed by atoms with Crippen LogP contribution in [0.5, 0.6) is 0 Å². The number of ether oxygens (including phenoxy) is 1.